The lowest BCUT2D eigenvalue weighted by molar-refractivity contribution is -0.137. The Balaban J connectivity index is 1.56. The van der Waals surface area contributed by atoms with E-state index in [1.165, 1.54) is 12.8 Å². The van der Waals surface area contributed by atoms with Crippen molar-refractivity contribution in [3.05, 3.63) is 24.0 Å². The van der Waals surface area contributed by atoms with Crippen molar-refractivity contribution in [3.63, 3.8) is 0 Å². The number of pyridine rings is 1. The maximum atomic E-state index is 11.7. The minimum atomic E-state index is 0.300. The van der Waals surface area contributed by atoms with E-state index in [1.807, 2.05) is 24.1 Å². The number of hydrogen-bond donors (Lipinski definition) is 0. The minimum Gasteiger partial charge on any atom is -0.497 e. The van der Waals surface area contributed by atoms with Crippen LogP contribution in [0.4, 0.5) is 0 Å². The Bertz CT molecular complexity index is 538. The van der Waals surface area contributed by atoms with E-state index >= 15 is 0 Å². The van der Waals surface area contributed by atoms with Crippen LogP contribution in [0.3, 0.4) is 0 Å². The summed E-state index contributed by atoms with van der Waals surface area (Å²) in [6.07, 6.45) is 5.93. The van der Waals surface area contributed by atoms with Gasteiger partial charge in [0.25, 0.3) is 0 Å². The first-order valence-corrected chi connectivity index (χ1v) is 8.05. The fourth-order valence-corrected chi connectivity index (χ4v) is 3.73. The third-order valence-electron chi connectivity index (χ3n) is 5.19. The first kappa shape index (κ1) is 15.3. The molecule has 2 aliphatic heterocycles. The van der Waals surface area contributed by atoms with Crippen molar-refractivity contribution < 1.29 is 9.53 Å². The van der Waals surface area contributed by atoms with E-state index < -0.39 is 0 Å². The number of carbonyl (C=O) groups is 1. The molecule has 5 nitrogen and oxygen atoms in total. The maximum absolute atomic E-state index is 11.7. The van der Waals surface area contributed by atoms with Crippen LogP contribution < -0.4 is 4.74 Å². The van der Waals surface area contributed by atoms with E-state index in [9.17, 15) is 4.79 Å². The first-order chi connectivity index (χ1) is 10.6. The molecule has 3 rings (SSSR count). The molecule has 2 saturated heterocycles. The van der Waals surface area contributed by atoms with Gasteiger partial charge in [0.15, 0.2) is 0 Å². The lowest BCUT2D eigenvalue weighted by Crippen LogP contribution is -2.50. The first-order valence-electron chi connectivity index (χ1n) is 8.05. The van der Waals surface area contributed by atoms with E-state index in [0.29, 0.717) is 17.7 Å². The smallest absolute Gasteiger partial charge is 0.222 e. The molecule has 1 spiro atoms. The van der Waals surface area contributed by atoms with Crippen LogP contribution in [0.25, 0.3) is 0 Å². The van der Waals surface area contributed by atoms with Gasteiger partial charge in [-0.3, -0.25) is 14.7 Å². The van der Waals surface area contributed by atoms with Gasteiger partial charge in [-0.2, -0.15) is 0 Å². The van der Waals surface area contributed by atoms with E-state index in [0.717, 1.165) is 44.0 Å². The Hall–Kier alpha value is -1.62. The van der Waals surface area contributed by atoms with Crippen LogP contribution in [0.5, 0.6) is 5.75 Å². The summed E-state index contributed by atoms with van der Waals surface area (Å²) in [7, 11) is 3.63. The molecule has 2 fully saturated rings. The Kier molecular flexibility index (Phi) is 4.34. The van der Waals surface area contributed by atoms with Crippen LogP contribution in [-0.4, -0.2) is 54.5 Å². The Morgan fingerprint density at radius 2 is 2.09 bits per heavy atom. The molecule has 1 amide bonds. The van der Waals surface area contributed by atoms with Crippen molar-refractivity contribution in [1.82, 2.24) is 14.8 Å². The average molecular weight is 303 g/mol. The van der Waals surface area contributed by atoms with Crippen LogP contribution in [0.15, 0.2) is 18.3 Å². The molecule has 0 aliphatic carbocycles. The number of likely N-dealkylation sites (tertiary alicyclic amines) is 2. The highest BCUT2D eigenvalue weighted by Gasteiger charge is 2.39. The lowest BCUT2D eigenvalue weighted by Gasteiger charge is -2.46. The second-order valence-electron chi connectivity index (χ2n) is 6.71. The number of hydrogen-bond acceptors (Lipinski definition) is 4. The minimum absolute atomic E-state index is 0.300. The highest BCUT2D eigenvalue weighted by Crippen LogP contribution is 2.39. The Morgan fingerprint density at radius 3 is 2.77 bits per heavy atom. The van der Waals surface area contributed by atoms with Crippen LogP contribution in [0.1, 0.15) is 31.4 Å². The fourth-order valence-electron chi connectivity index (χ4n) is 3.73. The van der Waals surface area contributed by atoms with Crippen LogP contribution in [0, 0.1) is 5.41 Å². The lowest BCUT2D eigenvalue weighted by atomic mass is 9.72. The summed E-state index contributed by atoms with van der Waals surface area (Å²) in [6.45, 7) is 3.97. The van der Waals surface area contributed by atoms with Crippen LogP contribution in [0.2, 0.25) is 0 Å². The van der Waals surface area contributed by atoms with Crippen LogP contribution in [-0.2, 0) is 11.3 Å². The summed E-state index contributed by atoms with van der Waals surface area (Å²) in [5.41, 5.74) is 1.41. The Labute approximate surface area is 132 Å². The molecule has 0 atom stereocenters. The van der Waals surface area contributed by atoms with Crippen molar-refractivity contribution in [3.8, 4) is 5.75 Å². The molecule has 0 N–H and O–H groups in total. The Morgan fingerprint density at radius 1 is 1.32 bits per heavy atom. The molecule has 5 heteroatoms. The van der Waals surface area contributed by atoms with Gasteiger partial charge in [-0.05, 0) is 43.8 Å². The summed E-state index contributed by atoms with van der Waals surface area (Å²) in [4.78, 5) is 20.5. The van der Waals surface area contributed by atoms with Crippen molar-refractivity contribution in [2.75, 3.05) is 33.8 Å². The number of nitrogens with zero attached hydrogens (tertiary/aromatic N) is 3. The van der Waals surface area contributed by atoms with Crippen molar-refractivity contribution in [2.24, 2.45) is 5.41 Å². The molecule has 2 aliphatic rings. The third kappa shape index (κ3) is 3.24. The topological polar surface area (TPSA) is 45.7 Å². The monoisotopic (exact) mass is 303 g/mol. The quantitative estimate of drug-likeness (QED) is 0.856. The van der Waals surface area contributed by atoms with Gasteiger partial charge in [-0.15, -0.1) is 0 Å². The van der Waals surface area contributed by atoms with Gasteiger partial charge in [-0.25, -0.2) is 0 Å². The van der Waals surface area contributed by atoms with E-state index in [4.69, 9.17) is 4.74 Å². The number of carbonyl (C=O) groups excluding carboxylic acids is 1. The molecule has 0 saturated carbocycles. The zero-order valence-corrected chi connectivity index (χ0v) is 13.5. The predicted molar refractivity (Wildman–Crippen MR) is 84.6 cm³/mol. The predicted octanol–water partition coefficient (Wildman–Crippen LogP) is 1.92. The van der Waals surface area contributed by atoms with Gasteiger partial charge in [0.05, 0.1) is 12.8 Å². The summed E-state index contributed by atoms with van der Waals surface area (Å²) < 4.78 is 5.26. The zero-order chi connectivity index (χ0) is 15.6. The summed E-state index contributed by atoms with van der Waals surface area (Å²) >= 11 is 0. The molecule has 22 heavy (non-hydrogen) atoms. The normalized spacial score (nSPS) is 22.1. The van der Waals surface area contributed by atoms with Crippen molar-refractivity contribution in [1.29, 1.82) is 0 Å². The molecule has 120 valence electrons. The van der Waals surface area contributed by atoms with Gasteiger partial charge >= 0.3 is 0 Å². The number of ether oxygens (including phenoxy) is 1. The highest BCUT2D eigenvalue weighted by atomic mass is 16.5. The number of aromatic nitrogens is 1. The van der Waals surface area contributed by atoms with E-state index in [1.54, 1.807) is 13.3 Å². The van der Waals surface area contributed by atoms with Gasteiger partial charge in [0, 0.05) is 38.8 Å². The van der Waals surface area contributed by atoms with Gasteiger partial charge in [0.1, 0.15) is 5.75 Å². The number of amides is 1. The summed E-state index contributed by atoms with van der Waals surface area (Å²) in [6, 6.07) is 3.89. The fraction of sp³-hybridized carbons (Fsp3) is 0.647. The second-order valence-corrected chi connectivity index (χ2v) is 6.71. The third-order valence-corrected chi connectivity index (χ3v) is 5.19. The zero-order valence-electron chi connectivity index (χ0n) is 13.5. The van der Waals surface area contributed by atoms with Gasteiger partial charge in [-0.1, -0.05) is 0 Å². The molecule has 1 aromatic rings. The largest absolute Gasteiger partial charge is 0.497 e. The molecular weight excluding hydrogens is 278 g/mol. The van der Waals surface area contributed by atoms with Crippen molar-refractivity contribution >= 4 is 5.91 Å². The second kappa shape index (κ2) is 6.24. The van der Waals surface area contributed by atoms with Gasteiger partial charge < -0.3 is 9.64 Å². The molecule has 0 aromatic carbocycles. The number of rotatable bonds is 3. The molecule has 0 bridgehead atoms. The molecule has 0 unspecified atom stereocenters. The van der Waals surface area contributed by atoms with Gasteiger partial charge in [0.2, 0.25) is 5.91 Å². The van der Waals surface area contributed by atoms with E-state index in [2.05, 4.69) is 9.88 Å². The maximum Gasteiger partial charge on any atom is 0.222 e. The summed E-state index contributed by atoms with van der Waals surface area (Å²) in [5.74, 6) is 1.17. The SMILES string of the molecule is COc1ccnc(CN2CCC3(CCC(=O)N(C)C3)CC2)c1. The standard InChI is InChI=1S/C17H25N3O2/c1-19-13-17(5-3-16(19)21)6-9-20(10-7-17)12-14-11-15(22-2)4-8-18-14/h4,8,11H,3,5-7,9-10,12-13H2,1-2H3. The molecular formula is C17H25N3O2. The number of methoxy groups -OCH3 is 1. The van der Waals surface area contributed by atoms with Crippen molar-refractivity contribution in [2.45, 2.75) is 32.2 Å². The van der Waals surface area contributed by atoms with E-state index in [-0.39, 0.29) is 0 Å². The average Bonchev–Trinajstić information content (AvgIpc) is 2.54. The summed E-state index contributed by atoms with van der Waals surface area (Å²) in [5, 5.41) is 0. The highest BCUT2D eigenvalue weighted by molar-refractivity contribution is 5.76. The molecule has 3 heterocycles. The molecule has 0 radical (unpaired) electrons. The number of piperidine rings is 2. The molecule has 1 aromatic heterocycles. The van der Waals surface area contributed by atoms with Crippen LogP contribution >= 0.6 is 0 Å².